The van der Waals surface area contributed by atoms with Gasteiger partial charge in [0, 0.05) is 40.0 Å². The van der Waals surface area contributed by atoms with Crippen LogP contribution in [0.2, 0.25) is 0 Å². The van der Waals surface area contributed by atoms with Gasteiger partial charge in [-0.05, 0) is 48.0 Å². The lowest BCUT2D eigenvalue weighted by Crippen LogP contribution is -2.48. The molecule has 0 fully saturated rings. The number of carbonyl (C=O) groups excluding carboxylic acids is 4. The van der Waals surface area contributed by atoms with Crippen LogP contribution >= 0.6 is 0 Å². The molecule has 0 saturated carbocycles. The maximum Gasteiger partial charge on any atom is 0.307 e. The van der Waals surface area contributed by atoms with Gasteiger partial charge in [-0.15, -0.1) is 0 Å². The molecule has 0 aromatic heterocycles. The number of hydrogen-bond acceptors (Lipinski definition) is 11. The maximum absolute atomic E-state index is 12.4. The van der Waals surface area contributed by atoms with Crippen molar-refractivity contribution in [3.63, 3.8) is 0 Å². The smallest absolute Gasteiger partial charge is 0.307 e. The van der Waals surface area contributed by atoms with Gasteiger partial charge in [0.05, 0.1) is 18.8 Å². The van der Waals surface area contributed by atoms with Crippen molar-refractivity contribution >= 4 is 23.9 Å². The minimum Gasteiger partial charge on any atom is -0.458 e. The van der Waals surface area contributed by atoms with E-state index >= 15 is 0 Å². The normalized spacial score (nSPS) is 32.5. The fourth-order valence-corrected chi connectivity index (χ4v) is 5.55. The Bertz CT molecular complexity index is 1080. The first-order valence-electron chi connectivity index (χ1n) is 12.8. The van der Waals surface area contributed by atoms with E-state index in [9.17, 15) is 34.5 Å². The van der Waals surface area contributed by atoms with Gasteiger partial charge in [-0.25, -0.2) is 0 Å². The largest absolute Gasteiger partial charge is 0.458 e. The number of fused-ring (bicyclic) bond motifs is 2. The van der Waals surface area contributed by atoms with Gasteiger partial charge in [0.15, 0.2) is 11.9 Å². The van der Waals surface area contributed by atoms with Gasteiger partial charge in [0.2, 0.25) is 0 Å². The average molecular weight is 553 g/mol. The molecule has 0 unspecified atom stereocenters. The van der Waals surface area contributed by atoms with Crippen LogP contribution in [-0.2, 0) is 38.1 Å². The fourth-order valence-electron chi connectivity index (χ4n) is 5.55. The summed E-state index contributed by atoms with van der Waals surface area (Å²) in [5.74, 6) is -3.51. The topological polar surface area (TPSA) is 166 Å². The van der Waals surface area contributed by atoms with Gasteiger partial charge >= 0.3 is 23.9 Å². The fraction of sp³-hybridized carbons (Fsp3) is 0.643. The zero-order valence-electron chi connectivity index (χ0n) is 23.8. The molecule has 0 radical (unpaired) electrons. The van der Waals surface area contributed by atoms with E-state index in [2.05, 4.69) is 0 Å². The van der Waals surface area contributed by atoms with Crippen molar-refractivity contribution in [1.29, 1.82) is 0 Å². The molecule has 0 heterocycles. The molecule has 6 atom stereocenters. The molecular formula is C28H40O11. The third kappa shape index (κ3) is 7.55. The minimum absolute atomic E-state index is 0.120. The Hall–Kier alpha value is -3.02. The van der Waals surface area contributed by atoms with Crippen molar-refractivity contribution < 1.29 is 53.4 Å². The molecule has 218 valence electrons. The molecule has 11 nitrogen and oxygen atoms in total. The second-order valence-electron chi connectivity index (χ2n) is 10.6. The lowest BCUT2D eigenvalue weighted by Gasteiger charge is -2.48. The van der Waals surface area contributed by atoms with Crippen molar-refractivity contribution in [2.75, 3.05) is 6.61 Å². The van der Waals surface area contributed by atoms with Crippen LogP contribution in [0.15, 0.2) is 34.1 Å². The highest BCUT2D eigenvalue weighted by Gasteiger charge is 2.50. The molecular weight excluding hydrogens is 512 g/mol. The van der Waals surface area contributed by atoms with Gasteiger partial charge in [-0.2, -0.15) is 0 Å². The molecule has 0 aliphatic heterocycles. The van der Waals surface area contributed by atoms with E-state index in [0.29, 0.717) is 11.1 Å². The molecule has 2 aliphatic carbocycles. The van der Waals surface area contributed by atoms with Crippen LogP contribution < -0.4 is 0 Å². The number of esters is 4. The summed E-state index contributed by atoms with van der Waals surface area (Å²) >= 11 is 0. The lowest BCUT2D eigenvalue weighted by molar-refractivity contribution is -0.152. The summed E-state index contributed by atoms with van der Waals surface area (Å²) < 4.78 is 22.3. The second kappa shape index (κ2) is 12.9. The molecule has 2 bridgehead atoms. The number of aliphatic hydroxyl groups excluding tert-OH is 3. The highest BCUT2D eigenvalue weighted by Crippen LogP contribution is 2.51. The number of aliphatic hydroxyl groups is 3. The van der Waals surface area contributed by atoms with Gasteiger partial charge in [-0.1, -0.05) is 19.9 Å². The van der Waals surface area contributed by atoms with Crippen LogP contribution in [0.4, 0.5) is 0 Å². The van der Waals surface area contributed by atoms with E-state index in [1.807, 2.05) is 0 Å². The summed E-state index contributed by atoms with van der Waals surface area (Å²) in [7, 11) is 0. The predicted octanol–water partition coefficient (Wildman–Crippen LogP) is 2.03. The summed E-state index contributed by atoms with van der Waals surface area (Å²) in [4.78, 5) is 48.5. The third-order valence-electron chi connectivity index (χ3n) is 7.37. The first-order chi connectivity index (χ1) is 18.0. The standard InChI is InChI=1S/C28H40O11/c1-13-21(34)11-24(37-16(4)31)19(12-29)9-22(35)20-10-23(36-15(3)30)14(2)25(28(20,7)8)27(39-18(6)33)26(13)38-17(5)32/h9,20-24,27,29,34-35H,10-12H2,1-8H3/b19-9+,26-13+/t20-,21-,22-,23-,24-,27+/m0/s1. The maximum atomic E-state index is 12.4. The quantitative estimate of drug-likeness (QED) is 0.259. The van der Waals surface area contributed by atoms with Crippen LogP contribution in [0.25, 0.3) is 0 Å². The van der Waals surface area contributed by atoms with Crippen molar-refractivity contribution in [2.45, 2.75) is 98.8 Å². The van der Waals surface area contributed by atoms with E-state index in [4.69, 9.17) is 18.9 Å². The number of rotatable bonds is 5. The van der Waals surface area contributed by atoms with E-state index in [1.165, 1.54) is 33.8 Å². The molecule has 3 N–H and O–H groups in total. The minimum atomic E-state index is -1.39. The Kier molecular flexibility index (Phi) is 10.6. The van der Waals surface area contributed by atoms with Gasteiger partial charge < -0.3 is 34.3 Å². The summed E-state index contributed by atoms with van der Waals surface area (Å²) in [5, 5.41) is 32.8. The SMILES string of the molecule is CC(=O)O/C1=C(\C)[C@@H](O)C[C@H](OC(C)=O)/C(CO)=C/[C@H](O)[C@@H]2C[C@H](OC(C)=O)C(C)=C([C@H]1OC(C)=O)C2(C)C. The van der Waals surface area contributed by atoms with Crippen LogP contribution in [-0.4, -0.2) is 76.3 Å². The second-order valence-corrected chi connectivity index (χ2v) is 10.6. The lowest BCUT2D eigenvalue weighted by atomic mass is 9.60. The number of hydrogen-bond donors (Lipinski definition) is 3. The number of ether oxygens (including phenoxy) is 4. The molecule has 2 aliphatic rings. The molecule has 0 amide bonds. The highest BCUT2D eigenvalue weighted by molar-refractivity contribution is 5.70. The van der Waals surface area contributed by atoms with Gasteiger partial charge in [-0.3, -0.25) is 19.2 Å². The van der Waals surface area contributed by atoms with Crippen LogP contribution in [0.3, 0.4) is 0 Å². The molecule has 0 spiro atoms. The summed E-state index contributed by atoms with van der Waals surface area (Å²) in [6.45, 7) is 11.0. The third-order valence-corrected chi connectivity index (χ3v) is 7.37. The van der Waals surface area contributed by atoms with Crippen molar-refractivity contribution in [3.8, 4) is 0 Å². The molecule has 0 aromatic rings. The molecule has 0 saturated heterocycles. The van der Waals surface area contributed by atoms with Crippen LogP contribution in [0.1, 0.15) is 68.2 Å². The van der Waals surface area contributed by atoms with E-state index < -0.39 is 72.3 Å². The number of carbonyl (C=O) groups is 4. The van der Waals surface area contributed by atoms with E-state index in [0.717, 1.165) is 6.92 Å². The van der Waals surface area contributed by atoms with E-state index in [-0.39, 0.29) is 29.7 Å². The summed E-state index contributed by atoms with van der Waals surface area (Å²) in [6, 6.07) is 0. The van der Waals surface area contributed by atoms with Crippen molar-refractivity contribution in [3.05, 3.63) is 34.1 Å². The molecule has 11 heteroatoms. The van der Waals surface area contributed by atoms with Crippen molar-refractivity contribution in [2.24, 2.45) is 11.3 Å². The first-order valence-corrected chi connectivity index (χ1v) is 12.8. The molecule has 0 aromatic carbocycles. The Morgan fingerprint density at radius 1 is 0.846 bits per heavy atom. The highest BCUT2D eigenvalue weighted by atomic mass is 16.6. The Balaban J connectivity index is 3.01. The summed E-state index contributed by atoms with van der Waals surface area (Å²) in [6.07, 6.45) is -4.61. The Labute approximate surface area is 228 Å². The van der Waals surface area contributed by atoms with Gasteiger partial charge in [0.1, 0.15) is 12.2 Å². The molecule has 2 rings (SSSR count). The first kappa shape index (κ1) is 32.2. The monoisotopic (exact) mass is 552 g/mol. The summed E-state index contributed by atoms with van der Waals surface area (Å²) in [5.41, 5.74) is 0.276. The zero-order chi connectivity index (χ0) is 29.8. The van der Waals surface area contributed by atoms with Gasteiger partial charge in [0.25, 0.3) is 0 Å². The van der Waals surface area contributed by atoms with Crippen molar-refractivity contribution in [1.82, 2.24) is 0 Å². The average Bonchev–Trinajstić information content (AvgIpc) is 2.79. The van der Waals surface area contributed by atoms with E-state index in [1.54, 1.807) is 20.8 Å². The Morgan fingerprint density at radius 2 is 1.38 bits per heavy atom. The zero-order valence-corrected chi connectivity index (χ0v) is 23.8. The van der Waals surface area contributed by atoms with Crippen LogP contribution in [0.5, 0.6) is 0 Å². The molecule has 39 heavy (non-hydrogen) atoms. The predicted molar refractivity (Wildman–Crippen MR) is 138 cm³/mol. The van der Waals surface area contributed by atoms with Crippen LogP contribution in [0, 0.1) is 11.3 Å². The Morgan fingerprint density at radius 3 is 1.87 bits per heavy atom.